The predicted octanol–water partition coefficient (Wildman–Crippen LogP) is 3.09. The highest BCUT2D eigenvalue weighted by Crippen LogP contribution is 2.28. The van der Waals surface area contributed by atoms with Crippen LogP contribution in [0, 0.1) is 23.6 Å². The van der Waals surface area contributed by atoms with E-state index in [0.29, 0.717) is 17.2 Å². The van der Waals surface area contributed by atoms with Crippen LogP contribution in [0.4, 0.5) is 4.39 Å². The maximum Gasteiger partial charge on any atom is 0.142 e. The molecule has 2 unspecified atom stereocenters. The molecule has 1 aliphatic carbocycles. The predicted molar refractivity (Wildman–Crippen MR) is 74.4 cm³/mol. The van der Waals surface area contributed by atoms with Crippen LogP contribution in [0.15, 0.2) is 18.2 Å². The first-order valence-electron chi connectivity index (χ1n) is 6.84. The SMILES string of the molecule is CC1CCCC(Oc2ccc(C#CCN)c(F)c2)C1. The lowest BCUT2D eigenvalue weighted by atomic mass is 9.89. The quantitative estimate of drug-likeness (QED) is 0.830. The van der Waals surface area contributed by atoms with E-state index in [-0.39, 0.29) is 18.5 Å². The second kappa shape index (κ2) is 6.58. The Labute approximate surface area is 114 Å². The molecule has 1 aromatic rings. The summed E-state index contributed by atoms with van der Waals surface area (Å²) < 4.78 is 19.6. The summed E-state index contributed by atoms with van der Waals surface area (Å²) in [5.74, 6) is 6.29. The van der Waals surface area contributed by atoms with Gasteiger partial charge in [0.05, 0.1) is 18.2 Å². The maximum absolute atomic E-state index is 13.8. The minimum absolute atomic E-state index is 0.212. The smallest absolute Gasteiger partial charge is 0.142 e. The van der Waals surface area contributed by atoms with Crippen molar-refractivity contribution in [3.05, 3.63) is 29.6 Å². The van der Waals surface area contributed by atoms with Crippen LogP contribution < -0.4 is 10.5 Å². The molecule has 3 heteroatoms. The van der Waals surface area contributed by atoms with Gasteiger partial charge in [0.1, 0.15) is 11.6 Å². The zero-order chi connectivity index (χ0) is 13.7. The maximum atomic E-state index is 13.8. The molecule has 2 nitrogen and oxygen atoms in total. The molecule has 102 valence electrons. The second-order valence-corrected chi connectivity index (χ2v) is 5.16. The van der Waals surface area contributed by atoms with Crippen molar-refractivity contribution in [3.63, 3.8) is 0 Å². The summed E-state index contributed by atoms with van der Waals surface area (Å²) in [6.45, 7) is 2.47. The Morgan fingerprint density at radius 2 is 2.26 bits per heavy atom. The van der Waals surface area contributed by atoms with Gasteiger partial charge >= 0.3 is 0 Å². The molecular weight excluding hydrogens is 241 g/mol. The van der Waals surface area contributed by atoms with Crippen molar-refractivity contribution < 1.29 is 9.13 Å². The first-order chi connectivity index (χ1) is 9.19. The lowest BCUT2D eigenvalue weighted by Gasteiger charge is -2.27. The topological polar surface area (TPSA) is 35.2 Å². The van der Waals surface area contributed by atoms with Gasteiger partial charge in [0, 0.05) is 6.07 Å². The Morgan fingerprint density at radius 1 is 1.42 bits per heavy atom. The van der Waals surface area contributed by atoms with E-state index >= 15 is 0 Å². The van der Waals surface area contributed by atoms with Crippen molar-refractivity contribution in [1.82, 2.24) is 0 Å². The van der Waals surface area contributed by atoms with Gasteiger partial charge in [-0.3, -0.25) is 0 Å². The molecule has 2 rings (SSSR count). The highest BCUT2D eigenvalue weighted by atomic mass is 19.1. The van der Waals surface area contributed by atoms with E-state index in [4.69, 9.17) is 10.5 Å². The molecule has 1 saturated carbocycles. The third-order valence-corrected chi connectivity index (χ3v) is 3.46. The molecule has 0 heterocycles. The van der Waals surface area contributed by atoms with Crippen LogP contribution >= 0.6 is 0 Å². The van der Waals surface area contributed by atoms with Gasteiger partial charge in [-0.25, -0.2) is 4.39 Å². The van der Waals surface area contributed by atoms with Crippen molar-refractivity contribution in [2.75, 3.05) is 6.54 Å². The van der Waals surface area contributed by atoms with Crippen LogP contribution in [0.2, 0.25) is 0 Å². The van der Waals surface area contributed by atoms with E-state index in [9.17, 15) is 4.39 Å². The number of benzene rings is 1. The molecule has 0 saturated heterocycles. The Balaban J connectivity index is 2.03. The van der Waals surface area contributed by atoms with Crippen LogP contribution in [-0.2, 0) is 0 Å². The third-order valence-electron chi connectivity index (χ3n) is 3.46. The number of halogens is 1. The van der Waals surface area contributed by atoms with Gasteiger partial charge in [-0.1, -0.05) is 25.2 Å². The minimum atomic E-state index is -0.345. The molecule has 0 aliphatic heterocycles. The molecule has 2 N–H and O–H groups in total. The fourth-order valence-corrected chi connectivity index (χ4v) is 2.49. The van der Waals surface area contributed by atoms with Gasteiger partial charge in [0.2, 0.25) is 0 Å². The van der Waals surface area contributed by atoms with Gasteiger partial charge in [0.15, 0.2) is 0 Å². The summed E-state index contributed by atoms with van der Waals surface area (Å²) in [5, 5.41) is 0. The van der Waals surface area contributed by atoms with Gasteiger partial charge in [-0.2, -0.15) is 0 Å². The van der Waals surface area contributed by atoms with Gasteiger partial charge in [-0.05, 0) is 37.3 Å². The summed E-state index contributed by atoms with van der Waals surface area (Å²) in [7, 11) is 0. The fourth-order valence-electron chi connectivity index (χ4n) is 2.49. The second-order valence-electron chi connectivity index (χ2n) is 5.16. The normalized spacial score (nSPS) is 22.5. The Hall–Kier alpha value is -1.53. The van der Waals surface area contributed by atoms with Crippen molar-refractivity contribution in [3.8, 4) is 17.6 Å². The van der Waals surface area contributed by atoms with Crippen molar-refractivity contribution >= 4 is 0 Å². The molecule has 0 amide bonds. The first kappa shape index (κ1) is 13.9. The molecule has 1 fully saturated rings. The number of hydrogen-bond donors (Lipinski definition) is 1. The summed E-state index contributed by atoms with van der Waals surface area (Å²) in [6.07, 6.45) is 4.77. The minimum Gasteiger partial charge on any atom is -0.490 e. The van der Waals surface area contributed by atoms with E-state index in [1.165, 1.54) is 18.9 Å². The van der Waals surface area contributed by atoms with Crippen molar-refractivity contribution in [2.45, 2.75) is 38.7 Å². The zero-order valence-electron chi connectivity index (χ0n) is 11.3. The number of nitrogens with two attached hydrogens (primary N) is 1. The summed E-state index contributed by atoms with van der Waals surface area (Å²) in [4.78, 5) is 0. The third kappa shape index (κ3) is 3.97. The molecule has 0 radical (unpaired) electrons. The molecule has 0 spiro atoms. The Bertz CT molecular complexity index is 489. The van der Waals surface area contributed by atoms with Crippen molar-refractivity contribution in [2.24, 2.45) is 11.7 Å². The summed E-state index contributed by atoms with van der Waals surface area (Å²) in [6, 6.07) is 4.85. The lowest BCUT2D eigenvalue weighted by Crippen LogP contribution is -2.24. The van der Waals surface area contributed by atoms with Gasteiger partial charge in [-0.15, -0.1) is 0 Å². The highest BCUT2D eigenvalue weighted by Gasteiger charge is 2.20. The Kier molecular flexibility index (Phi) is 4.81. The molecule has 1 aliphatic rings. The molecule has 0 bridgehead atoms. The number of rotatable bonds is 2. The van der Waals surface area contributed by atoms with E-state index in [1.54, 1.807) is 12.1 Å². The molecule has 0 aromatic heterocycles. The van der Waals surface area contributed by atoms with Crippen LogP contribution in [0.25, 0.3) is 0 Å². The standard InChI is InChI=1S/C16H20FNO/c1-12-4-2-6-14(10-12)19-15-8-7-13(5-3-9-18)16(17)11-15/h7-8,11-12,14H,2,4,6,9-10,18H2,1H3. The zero-order valence-corrected chi connectivity index (χ0v) is 11.3. The van der Waals surface area contributed by atoms with Crippen molar-refractivity contribution in [1.29, 1.82) is 0 Å². The van der Waals surface area contributed by atoms with E-state index < -0.39 is 0 Å². The summed E-state index contributed by atoms with van der Waals surface area (Å²) >= 11 is 0. The molecular formula is C16H20FNO. The van der Waals surface area contributed by atoms with Gasteiger partial charge in [0.25, 0.3) is 0 Å². The van der Waals surface area contributed by atoms with Crippen LogP contribution in [0.1, 0.15) is 38.2 Å². The van der Waals surface area contributed by atoms with E-state index in [2.05, 4.69) is 18.8 Å². The van der Waals surface area contributed by atoms with Crippen LogP contribution in [-0.4, -0.2) is 12.6 Å². The molecule has 19 heavy (non-hydrogen) atoms. The van der Waals surface area contributed by atoms with Crippen LogP contribution in [0.5, 0.6) is 5.75 Å². The average molecular weight is 261 g/mol. The molecule has 1 aromatic carbocycles. The lowest BCUT2D eigenvalue weighted by molar-refractivity contribution is 0.129. The number of ether oxygens (including phenoxy) is 1. The average Bonchev–Trinajstić information content (AvgIpc) is 2.38. The fraction of sp³-hybridized carbons (Fsp3) is 0.500. The van der Waals surface area contributed by atoms with Gasteiger partial charge < -0.3 is 10.5 Å². The Morgan fingerprint density at radius 3 is 2.95 bits per heavy atom. The molecule has 2 atom stereocenters. The summed E-state index contributed by atoms with van der Waals surface area (Å²) in [5.41, 5.74) is 5.64. The van der Waals surface area contributed by atoms with E-state index in [1.807, 2.05) is 0 Å². The highest BCUT2D eigenvalue weighted by molar-refractivity contribution is 5.39. The largest absolute Gasteiger partial charge is 0.490 e. The van der Waals surface area contributed by atoms with E-state index in [0.717, 1.165) is 12.8 Å². The number of hydrogen-bond acceptors (Lipinski definition) is 2. The monoisotopic (exact) mass is 261 g/mol. The van der Waals surface area contributed by atoms with Crippen LogP contribution in [0.3, 0.4) is 0 Å². The first-order valence-corrected chi connectivity index (χ1v) is 6.84.